The summed E-state index contributed by atoms with van der Waals surface area (Å²) in [5.41, 5.74) is 0. The van der Waals surface area contributed by atoms with Crippen molar-refractivity contribution in [1.82, 2.24) is 19.7 Å². The number of hydrogen-bond acceptors (Lipinski definition) is 5. The largest absolute Gasteiger partial charge is 0.480 e. The number of aromatic nitrogens is 3. The predicted octanol–water partition coefficient (Wildman–Crippen LogP) is -0.343. The highest BCUT2D eigenvalue weighted by Crippen LogP contribution is 2.02. The Morgan fingerprint density at radius 2 is 2.24 bits per heavy atom. The quantitative estimate of drug-likeness (QED) is 0.704. The highest BCUT2D eigenvalue weighted by Gasteiger charge is 2.14. The number of hydrogen-bond donors (Lipinski definition) is 1. The molecule has 0 radical (unpaired) electrons. The zero-order chi connectivity index (χ0) is 12.8. The van der Waals surface area contributed by atoms with E-state index in [0.29, 0.717) is 19.7 Å². The third-order valence-electron chi connectivity index (χ3n) is 2.52. The van der Waals surface area contributed by atoms with Gasteiger partial charge < -0.3 is 14.4 Å². The summed E-state index contributed by atoms with van der Waals surface area (Å²) in [6.45, 7) is 3.31. The molecular weight excluding hydrogens is 224 g/mol. The minimum absolute atomic E-state index is 0.0325. The molecule has 0 spiro atoms. The van der Waals surface area contributed by atoms with Crippen molar-refractivity contribution in [2.45, 2.75) is 13.5 Å². The molecule has 0 saturated heterocycles. The van der Waals surface area contributed by atoms with Gasteiger partial charge in [0.2, 0.25) is 0 Å². The van der Waals surface area contributed by atoms with E-state index in [-0.39, 0.29) is 6.54 Å². The predicted molar refractivity (Wildman–Crippen MR) is 60.5 cm³/mol. The maximum atomic E-state index is 10.7. The normalized spacial score (nSPS) is 11.1. The Bertz CT molecular complexity index is 378. The van der Waals surface area contributed by atoms with Gasteiger partial charge in [0, 0.05) is 20.7 Å². The summed E-state index contributed by atoms with van der Waals surface area (Å²) in [6, 6.07) is 0. The van der Waals surface area contributed by atoms with Gasteiger partial charge >= 0.3 is 5.97 Å². The first-order chi connectivity index (χ1) is 8.04. The smallest absolute Gasteiger partial charge is 0.317 e. The molecule has 7 nitrogen and oxygen atoms in total. The molecule has 1 aromatic rings. The standard InChI is InChI=1S/C10H18N4O3/c1-8-11-12-9(13(8)2)6-14(4-5-17-3)7-10(15)16/h4-7H2,1-3H3,(H,15,16). The Morgan fingerprint density at radius 3 is 2.71 bits per heavy atom. The van der Waals surface area contributed by atoms with Gasteiger partial charge in [-0.15, -0.1) is 10.2 Å². The summed E-state index contributed by atoms with van der Waals surface area (Å²) in [5, 5.41) is 16.8. The van der Waals surface area contributed by atoms with Crippen molar-refractivity contribution in [2.75, 3.05) is 26.8 Å². The summed E-state index contributed by atoms with van der Waals surface area (Å²) in [7, 11) is 3.45. The summed E-state index contributed by atoms with van der Waals surface area (Å²) in [5.74, 6) is 0.696. The molecule has 0 aliphatic heterocycles. The van der Waals surface area contributed by atoms with Crippen LogP contribution in [0.1, 0.15) is 11.6 Å². The van der Waals surface area contributed by atoms with Crippen LogP contribution in [0.2, 0.25) is 0 Å². The molecule has 0 aliphatic rings. The van der Waals surface area contributed by atoms with Crippen LogP contribution in [0.4, 0.5) is 0 Å². The highest BCUT2D eigenvalue weighted by atomic mass is 16.5. The highest BCUT2D eigenvalue weighted by molar-refractivity contribution is 5.69. The fraction of sp³-hybridized carbons (Fsp3) is 0.700. The fourth-order valence-corrected chi connectivity index (χ4v) is 1.41. The van der Waals surface area contributed by atoms with E-state index in [0.717, 1.165) is 11.6 Å². The van der Waals surface area contributed by atoms with Gasteiger partial charge in [-0.1, -0.05) is 0 Å². The minimum atomic E-state index is -0.861. The van der Waals surface area contributed by atoms with Crippen molar-refractivity contribution in [2.24, 2.45) is 7.05 Å². The first-order valence-corrected chi connectivity index (χ1v) is 5.32. The zero-order valence-corrected chi connectivity index (χ0v) is 10.4. The summed E-state index contributed by atoms with van der Waals surface area (Å²) in [6.07, 6.45) is 0. The molecule has 7 heteroatoms. The summed E-state index contributed by atoms with van der Waals surface area (Å²) in [4.78, 5) is 12.5. The Kier molecular flexibility index (Phi) is 5.05. The Hall–Kier alpha value is -1.47. The molecule has 96 valence electrons. The molecule has 0 unspecified atom stereocenters. The zero-order valence-electron chi connectivity index (χ0n) is 10.4. The lowest BCUT2D eigenvalue weighted by Crippen LogP contribution is -2.33. The van der Waals surface area contributed by atoms with Gasteiger partial charge in [0.05, 0.1) is 19.7 Å². The number of methoxy groups -OCH3 is 1. The molecule has 0 saturated carbocycles. The molecule has 1 aromatic heterocycles. The van der Waals surface area contributed by atoms with Crippen LogP contribution in [0.5, 0.6) is 0 Å². The van der Waals surface area contributed by atoms with Gasteiger partial charge in [-0.25, -0.2) is 0 Å². The second-order valence-corrected chi connectivity index (χ2v) is 3.82. The second-order valence-electron chi connectivity index (χ2n) is 3.82. The molecule has 17 heavy (non-hydrogen) atoms. The van der Waals surface area contributed by atoms with E-state index in [4.69, 9.17) is 9.84 Å². The van der Waals surface area contributed by atoms with Gasteiger partial charge in [-0.2, -0.15) is 0 Å². The number of aliphatic carboxylic acids is 1. The van der Waals surface area contributed by atoms with Crippen molar-refractivity contribution in [3.05, 3.63) is 11.6 Å². The van der Waals surface area contributed by atoms with E-state index in [1.807, 2.05) is 18.5 Å². The second kappa shape index (κ2) is 6.31. The van der Waals surface area contributed by atoms with Crippen molar-refractivity contribution in [3.63, 3.8) is 0 Å². The average Bonchev–Trinajstić information content (AvgIpc) is 2.57. The lowest BCUT2D eigenvalue weighted by atomic mass is 10.4. The number of ether oxygens (including phenoxy) is 1. The molecular formula is C10H18N4O3. The molecule has 1 N–H and O–H groups in total. The molecule has 0 amide bonds. The molecule has 0 bridgehead atoms. The molecule has 0 atom stereocenters. The molecule has 0 aromatic carbocycles. The lowest BCUT2D eigenvalue weighted by Gasteiger charge is -2.18. The summed E-state index contributed by atoms with van der Waals surface area (Å²) >= 11 is 0. The number of carbonyl (C=O) groups is 1. The Morgan fingerprint density at radius 1 is 1.53 bits per heavy atom. The van der Waals surface area contributed by atoms with Crippen LogP contribution in [-0.2, 0) is 23.1 Å². The number of carboxylic acid groups (broad SMARTS) is 1. The Labute approximate surface area is 100 Å². The van der Waals surface area contributed by atoms with Crippen LogP contribution >= 0.6 is 0 Å². The third kappa shape index (κ3) is 4.12. The number of nitrogens with zero attached hydrogens (tertiary/aromatic N) is 4. The van der Waals surface area contributed by atoms with Gasteiger partial charge in [0.1, 0.15) is 11.6 Å². The maximum Gasteiger partial charge on any atom is 0.317 e. The third-order valence-corrected chi connectivity index (χ3v) is 2.52. The van der Waals surface area contributed by atoms with Gasteiger partial charge in [-0.3, -0.25) is 9.69 Å². The minimum Gasteiger partial charge on any atom is -0.480 e. The van der Waals surface area contributed by atoms with Crippen LogP contribution in [0.3, 0.4) is 0 Å². The fourth-order valence-electron chi connectivity index (χ4n) is 1.41. The van der Waals surface area contributed by atoms with Crippen LogP contribution in [0.15, 0.2) is 0 Å². The summed E-state index contributed by atoms with van der Waals surface area (Å²) < 4.78 is 6.80. The Balaban J connectivity index is 2.64. The monoisotopic (exact) mass is 242 g/mol. The number of aryl methyl sites for hydroxylation is 1. The van der Waals surface area contributed by atoms with Gasteiger partial charge in [0.15, 0.2) is 0 Å². The van der Waals surface area contributed by atoms with E-state index in [9.17, 15) is 4.79 Å². The van der Waals surface area contributed by atoms with Crippen molar-refractivity contribution in [1.29, 1.82) is 0 Å². The van der Waals surface area contributed by atoms with Gasteiger partial charge in [-0.05, 0) is 6.92 Å². The first-order valence-electron chi connectivity index (χ1n) is 5.32. The average molecular weight is 242 g/mol. The van der Waals surface area contributed by atoms with Crippen molar-refractivity contribution < 1.29 is 14.6 Å². The van der Waals surface area contributed by atoms with E-state index in [1.165, 1.54) is 0 Å². The topological polar surface area (TPSA) is 80.5 Å². The molecule has 0 aliphatic carbocycles. The molecule has 1 heterocycles. The van der Waals surface area contributed by atoms with Crippen LogP contribution < -0.4 is 0 Å². The van der Waals surface area contributed by atoms with E-state index in [2.05, 4.69) is 10.2 Å². The first kappa shape index (κ1) is 13.6. The SMILES string of the molecule is COCCN(CC(=O)O)Cc1nnc(C)n1C. The maximum absolute atomic E-state index is 10.7. The van der Waals surface area contributed by atoms with Crippen molar-refractivity contribution in [3.8, 4) is 0 Å². The van der Waals surface area contributed by atoms with E-state index >= 15 is 0 Å². The van der Waals surface area contributed by atoms with Crippen LogP contribution in [0.25, 0.3) is 0 Å². The van der Waals surface area contributed by atoms with E-state index in [1.54, 1.807) is 12.0 Å². The van der Waals surface area contributed by atoms with Gasteiger partial charge in [0.25, 0.3) is 0 Å². The number of carboxylic acids is 1. The van der Waals surface area contributed by atoms with Crippen LogP contribution in [-0.4, -0.2) is 57.5 Å². The molecule has 0 fully saturated rings. The lowest BCUT2D eigenvalue weighted by molar-refractivity contribution is -0.138. The van der Waals surface area contributed by atoms with Crippen molar-refractivity contribution >= 4 is 5.97 Å². The van der Waals surface area contributed by atoms with Crippen LogP contribution in [0, 0.1) is 6.92 Å². The van der Waals surface area contributed by atoms with E-state index < -0.39 is 5.97 Å². The number of rotatable bonds is 7. The molecule has 1 rings (SSSR count).